The summed E-state index contributed by atoms with van der Waals surface area (Å²) in [7, 11) is -3.33. The number of methoxy groups -OCH3 is 1. The molecular formula is C20H23Cl2FN3O9P. The number of aromatic amines is 1. The van der Waals surface area contributed by atoms with Crippen LogP contribution >= 0.6 is 30.9 Å². The van der Waals surface area contributed by atoms with Crippen molar-refractivity contribution >= 4 is 36.9 Å². The highest BCUT2D eigenvalue weighted by Gasteiger charge is 2.56. The van der Waals surface area contributed by atoms with Gasteiger partial charge in [-0.3, -0.25) is 23.7 Å². The monoisotopic (exact) mass is 569 g/mol. The quantitative estimate of drug-likeness (QED) is 0.302. The fourth-order valence-corrected chi connectivity index (χ4v) is 5.39. The highest BCUT2D eigenvalue weighted by molar-refractivity contribution is 7.52. The van der Waals surface area contributed by atoms with Crippen molar-refractivity contribution in [3.63, 3.8) is 0 Å². The molecule has 0 radical (unpaired) electrons. The lowest BCUT2D eigenvalue weighted by Gasteiger charge is -2.25. The molecule has 16 heteroatoms. The van der Waals surface area contributed by atoms with Gasteiger partial charge in [-0.15, -0.1) is 0 Å². The molecule has 0 bridgehead atoms. The molecule has 2 heterocycles. The van der Waals surface area contributed by atoms with E-state index in [2.05, 4.69) is 9.82 Å². The molecule has 1 fully saturated rings. The first-order chi connectivity index (χ1) is 16.8. The third-order valence-corrected chi connectivity index (χ3v) is 7.41. The number of halogens is 3. The van der Waals surface area contributed by atoms with Gasteiger partial charge < -0.3 is 19.1 Å². The number of hydrogen-bond acceptors (Lipinski definition) is 9. The number of aliphatic hydroxyl groups is 1. The van der Waals surface area contributed by atoms with E-state index < -0.39 is 61.7 Å². The summed E-state index contributed by atoms with van der Waals surface area (Å²) in [6.45, 7) is 1.60. The van der Waals surface area contributed by atoms with E-state index in [4.69, 9.17) is 37.0 Å². The first kappa shape index (κ1) is 28.3. The minimum atomic E-state index is -4.44. The second-order valence-electron chi connectivity index (χ2n) is 7.97. The van der Waals surface area contributed by atoms with Gasteiger partial charge in [0, 0.05) is 17.3 Å². The highest BCUT2D eigenvalue weighted by Crippen LogP contribution is 2.49. The van der Waals surface area contributed by atoms with Gasteiger partial charge in [-0.2, -0.15) is 5.09 Å². The second-order valence-corrected chi connectivity index (χ2v) is 10.5. The molecule has 0 spiro atoms. The van der Waals surface area contributed by atoms with Gasteiger partial charge in [-0.05, 0) is 32.0 Å². The summed E-state index contributed by atoms with van der Waals surface area (Å²) in [5.41, 5.74) is -4.20. The fraction of sp³-hybridized carbons (Fsp3) is 0.450. The molecule has 2 aromatic rings. The smallest absolute Gasteiger partial charge is 0.459 e. The lowest BCUT2D eigenvalue weighted by Crippen LogP contribution is -2.43. The van der Waals surface area contributed by atoms with Crippen LogP contribution in [0.2, 0.25) is 10.0 Å². The summed E-state index contributed by atoms with van der Waals surface area (Å²) in [6, 6.07) is 3.83. The van der Waals surface area contributed by atoms with Gasteiger partial charge in [0.2, 0.25) is 0 Å². The van der Waals surface area contributed by atoms with E-state index in [0.717, 1.165) is 30.9 Å². The number of carbonyl (C=O) groups is 1. The number of aliphatic hydroxyl groups excluding tert-OH is 1. The summed E-state index contributed by atoms with van der Waals surface area (Å²) in [4.78, 5) is 37.3. The third kappa shape index (κ3) is 6.17. The number of rotatable bonds is 9. The maximum Gasteiger partial charge on any atom is 0.459 e. The van der Waals surface area contributed by atoms with Crippen LogP contribution in [0.3, 0.4) is 0 Å². The summed E-state index contributed by atoms with van der Waals surface area (Å²) >= 11 is 12.0. The number of hydrogen-bond donors (Lipinski definition) is 3. The van der Waals surface area contributed by atoms with Crippen LogP contribution in [0, 0.1) is 0 Å². The topological polar surface area (TPSA) is 158 Å². The predicted molar refractivity (Wildman–Crippen MR) is 126 cm³/mol. The van der Waals surface area contributed by atoms with Gasteiger partial charge in [0.25, 0.3) is 5.56 Å². The zero-order chi connectivity index (χ0) is 26.8. The van der Waals surface area contributed by atoms with Crippen molar-refractivity contribution in [2.24, 2.45) is 0 Å². The molecule has 12 nitrogen and oxygen atoms in total. The molecule has 1 aromatic heterocycles. The van der Waals surface area contributed by atoms with Crippen molar-refractivity contribution in [1.29, 1.82) is 0 Å². The molecule has 1 aliphatic heterocycles. The van der Waals surface area contributed by atoms with Crippen molar-refractivity contribution < 1.29 is 37.4 Å². The summed E-state index contributed by atoms with van der Waals surface area (Å²) in [5.74, 6) is -0.912. The van der Waals surface area contributed by atoms with Crippen molar-refractivity contribution in [1.82, 2.24) is 14.6 Å². The Balaban J connectivity index is 1.84. The molecule has 0 amide bonds. The second kappa shape index (κ2) is 11.0. The van der Waals surface area contributed by atoms with Crippen LogP contribution in [-0.2, 0) is 23.4 Å². The average Bonchev–Trinajstić information content (AvgIpc) is 3.02. The van der Waals surface area contributed by atoms with Gasteiger partial charge in [0.05, 0.1) is 18.7 Å². The van der Waals surface area contributed by atoms with E-state index in [1.54, 1.807) is 0 Å². The lowest BCUT2D eigenvalue weighted by molar-refractivity contribution is -0.142. The van der Waals surface area contributed by atoms with Crippen molar-refractivity contribution in [2.45, 2.75) is 44.0 Å². The number of nitrogens with zero attached hydrogens (tertiary/aromatic N) is 1. The Morgan fingerprint density at radius 2 is 2.08 bits per heavy atom. The molecule has 36 heavy (non-hydrogen) atoms. The van der Waals surface area contributed by atoms with Gasteiger partial charge in [0.15, 0.2) is 11.9 Å². The van der Waals surface area contributed by atoms with E-state index in [0.29, 0.717) is 0 Å². The molecule has 1 aliphatic rings. The van der Waals surface area contributed by atoms with Gasteiger partial charge >= 0.3 is 19.4 Å². The molecule has 0 saturated carbocycles. The number of nitrogens with one attached hydrogen (secondary N) is 2. The van der Waals surface area contributed by atoms with Crippen LogP contribution in [0.25, 0.3) is 0 Å². The van der Waals surface area contributed by atoms with E-state index in [-0.39, 0.29) is 15.8 Å². The number of aromatic nitrogens is 2. The Bertz CT molecular complexity index is 1290. The third-order valence-electron chi connectivity index (χ3n) is 5.25. The number of carbonyl (C=O) groups excluding carboxylic acids is 1. The minimum absolute atomic E-state index is 0.0233. The first-order valence-corrected chi connectivity index (χ1v) is 12.7. The zero-order valence-corrected chi connectivity index (χ0v) is 21.6. The maximum absolute atomic E-state index is 15.4. The Morgan fingerprint density at radius 1 is 1.39 bits per heavy atom. The molecule has 1 saturated heterocycles. The van der Waals surface area contributed by atoms with Crippen LogP contribution in [-0.4, -0.2) is 58.3 Å². The normalized spacial score (nSPS) is 26.2. The van der Waals surface area contributed by atoms with Crippen molar-refractivity contribution in [2.75, 3.05) is 13.7 Å². The number of benzene rings is 1. The highest BCUT2D eigenvalue weighted by atomic mass is 35.5. The summed E-state index contributed by atoms with van der Waals surface area (Å²) in [6.07, 6.45) is -3.95. The predicted octanol–water partition coefficient (Wildman–Crippen LogP) is 2.18. The van der Waals surface area contributed by atoms with E-state index in [1.165, 1.54) is 25.1 Å². The van der Waals surface area contributed by atoms with Crippen molar-refractivity contribution in [3.05, 3.63) is 61.3 Å². The van der Waals surface area contributed by atoms with E-state index in [9.17, 15) is 24.1 Å². The van der Waals surface area contributed by atoms with Gasteiger partial charge in [0.1, 0.15) is 24.0 Å². The minimum Gasteiger partial charge on any atom is -0.468 e. The summed E-state index contributed by atoms with van der Waals surface area (Å²) in [5, 5.41) is 13.2. The Hall–Kier alpha value is -2.25. The van der Waals surface area contributed by atoms with Crippen LogP contribution in [0.15, 0.2) is 40.1 Å². The standard InChI is InChI=1S/C20H23Cl2FN3O9P/c1-10(17(29)32-3)25-36(31,35-13-5-4-11(21)8-12(13)22)33-9-14-16(28)20(2,23)18(34-14)26-7-6-15(27)24-19(26)30/h4-8,10,14,16,18,28H,9H2,1-3H3,(H,25,31)(H,24,27,30)/t10-,14+,16+,18?,20+,36?/m0/s1. The maximum atomic E-state index is 15.4. The lowest BCUT2D eigenvalue weighted by atomic mass is 9.98. The Kier molecular flexibility index (Phi) is 8.67. The van der Waals surface area contributed by atoms with Crippen LogP contribution < -0.4 is 20.9 Å². The van der Waals surface area contributed by atoms with Crippen LogP contribution in [0.1, 0.15) is 20.1 Å². The number of esters is 1. The molecule has 198 valence electrons. The Labute approximate surface area is 213 Å². The largest absolute Gasteiger partial charge is 0.468 e. The van der Waals surface area contributed by atoms with Gasteiger partial charge in [-0.1, -0.05) is 23.2 Å². The molecule has 2 unspecified atom stereocenters. The fourth-order valence-electron chi connectivity index (χ4n) is 3.37. The Morgan fingerprint density at radius 3 is 2.69 bits per heavy atom. The number of H-pyrrole nitrogens is 1. The van der Waals surface area contributed by atoms with Crippen molar-refractivity contribution in [3.8, 4) is 5.75 Å². The summed E-state index contributed by atoms with van der Waals surface area (Å²) < 4.78 is 50.7. The first-order valence-electron chi connectivity index (χ1n) is 10.4. The number of alkyl halides is 1. The molecular weight excluding hydrogens is 547 g/mol. The SMILES string of the molecule is COC(=O)[C@H](C)NP(=O)(OC[C@H]1OC(n2ccc(=O)[nH]c2=O)[C@](C)(F)[C@@H]1O)Oc1ccc(Cl)cc1Cl. The molecule has 6 atom stereocenters. The zero-order valence-electron chi connectivity index (χ0n) is 19.1. The van der Waals surface area contributed by atoms with E-state index >= 15 is 4.39 Å². The average molecular weight is 570 g/mol. The van der Waals surface area contributed by atoms with Crippen LogP contribution in [0.4, 0.5) is 4.39 Å². The van der Waals surface area contributed by atoms with E-state index in [1.807, 2.05) is 4.98 Å². The van der Waals surface area contributed by atoms with Gasteiger partial charge in [-0.25, -0.2) is 13.8 Å². The molecule has 0 aliphatic carbocycles. The molecule has 3 rings (SSSR count). The van der Waals surface area contributed by atoms with Crippen LogP contribution in [0.5, 0.6) is 5.75 Å². The molecule has 1 aromatic carbocycles. The molecule has 3 N–H and O–H groups in total. The number of ether oxygens (including phenoxy) is 2.